The molecule has 0 unspecified atom stereocenters. The van der Waals surface area contributed by atoms with Crippen LogP contribution < -0.4 is 0 Å². The molecule has 1 aliphatic heterocycles. The number of ether oxygens (including phenoxy) is 6. The van der Waals surface area contributed by atoms with Crippen molar-refractivity contribution in [2.45, 2.75) is 267 Å². The van der Waals surface area contributed by atoms with E-state index in [0.29, 0.717) is 17.3 Å². The molecule has 10 heteroatoms. The molecule has 0 bridgehead atoms. The number of rotatable bonds is 27. The summed E-state index contributed by atoms with van der Waals surface area (Å²) < 4.78 is 36.4. The van der Waals surface area contributed by atoms with Crippen LogP contribution >= 0.6 is 0 Å². The average Bonchev–Trinajstić information content (AvgIpc) is 3.63. The lowest BCUT2D eigenvalue weighted by Crippen LogP contribution is -2.63. The Morgan fingerprint density at radius 1 is 0.701 bits per heavy atom. The van der Waals surface area contributed by atoms with E-state index in [0.717, 1.165) is 74.5 Å². The van der Waals surface area contributed by atoms with Gasteiger partial charge in [0.15, 0.2) is 24.6 Å². The summed E-state index contributed by atoms with van der Waals surface area (Å²) >= 11 is 0. The van der Waals surface area contributed by atoms with E-state index in [2.05, 4.69) is 54.5 Å². The topological polar surface area (TPSA) is 124 Å². The van der Waals surface area contributed by atoms with Crippen molar-refractivity contribution in [3.8, 4) is 0 Å². The SMILES string of the molecule is CCCCCCCCCCCCCCCC(=O)OC[C@H]1O[C@@H](O[C@H]2CC[C@@]3(C)C(=CC[C@H]4[C@@H]5CC[C@H]([C@H](C)CC[C@@H](CC)C(C)C)[C@@]5(C)CC[C@@H]43)C2)[C@H](OC(C)=O)[C@@H](OC(C)=O)[C@@H]1OC(C)=O. The fraction of sp³-hybridized carbons (Fsp3) is 0.895. The van der Waals surface area contributed by atoms with Crippen molar-refractivity contribution in [3.05, 3.63) is 11.6 Å². The highest BCUT2D eigenvalue weighted by Crippen LogP contribution is 2.67. The van der Waals surface area contributed by atoms with Gasteiger partial charge in [-0.2, -0.15) is 0 Å². The van der Waals surface area contributed by atoms with Crippen LogP contribution in [0.25, 0.3) is 0 Å². The van der Waals surface area contributed by atoms with Gasteiger partial charge in [-0.3, -0.25) is 19.2 Å². The summed E-state index contributed by atoms with van der Waals surface area (Å²) in [6, 6.07) is 0. The number of hydrogen-bond acceptors (Lipinski definition) is 10. The van der Waals surface area contributed by atoms with Gasteiger partial charge in [-0.25, -0.2) is 0 Å². The third kappa shape index (κ3) is 15.0. The van der Waals surface area contributed by atoms with Crippen molar-refractivity contribution in [3.63, 3.8) is 0 Å². The van der Waals surface area contributed by atoms with Gasteiger partial charge < -0.3 is 28.4 Å². The Morgan fingerprint density at radius 3 is 1.90 bits per heavy atom. The third-order valence-corrected chi connectivity index (χ3v) is 18.0. The van der Waals surface area contributed by atoms with Crippen LogP contribution in [0, 0.1) is 52.3 Å². The summed E-state index contributed by atoms with van der Waals surface area (Å²) in [7, 11) is 0. The number of esters is 4. The Hall–Kier alpha value is -2.46. The second-order valence-electron chi connectivity index (χ2n) is 22.9. The van der Waals surface area contributed by atoms with Crippen molar-refractivity contribution >= 4 is 23.9 Å². The van der Waals surface area contributed by atoms with Crippen LogP contribution in [0.1, 0.15) is 230 Å². The predicted molar refractivity (Wildman–Crippen MR) is 264 cm³/mol. The van der Waals surface area contributed by atoms with Gasteiger partial charge in [0.1, 0.15) is 12.7 Å². The normalized spacial score (nSPS) is 33.4. The largest absolute Gasteiger partial charge is 0.463 e. The number of unbranched alkanes of at least 4 members (excludes halogenated alkanes) is 12. The lowest BCUT2D eigenvalue weighted by molar-refractivity contribution is -0.318. The van der Waals surface area contributed by atoms with Gasteiger partial charge in [0.05, 0.1) is 6.10 Å². The monoisotopic (exact) mass is 941 g/mol. The molecule has 10 nitrogen and oxygen atoms in total. The predicted octanol–water partition coefficient (Wildman–Crippen LogP) is 13.6. The maximum absolute atomic E-state index is 13.1. The Kier molecular flexibility index (Phi) is 22.1. The molecule has 67 heavy (non-hydrogen) atoms. The van der Waals surface area contributed by atoms with Gasteiger partial charge in [0, 0.05) is 27.2 Å². The quantitative estimate of drug-likeness (QED) is 0.0340. The minimum atomic E-state index is -1.24. The van der Waals surface area contributed by atoms with E-state index in [1.165, 1.54) is 135 Å². The molecular weight excluding hydrogens is 845 g/mol. The number of allylic oxidation sites excluding steroid dienone is 1. The first kappa shape index (κ1) is 55.5. The molecule has 3 saturated carbocycles. The molecule has 14 atom stereocenters. The Bertz CT molecular complexity index is 1590. The molecular formula is C57H96O10. The highest BCUT2D eigenvalue weighted by atomic mass is 16.7. The van der Waals surface area contributed by atoms with Crippen LogP contribution in [-0.2, 0) is 47.6 Å². The molecule has 4 aliphatic carbocycles. The average molecular weight is 941 g/mol. The second-order valence-corrected chi connectivity index (χ2v) is 22.9. The lowest BCUT2D eigenvalue weighted by Gasteiger charge is -2.58. The van der Waals surface area contributed by atoms with Crippen molar-refractivity contribution in [2.75, 3.05) is 6.61 Å². The molecule has 1 heterocycles. The van der Waals surface area contributed by atoms with Crippen molar-refractivity contribution in [2.24, 2.45) is 52.3 Å². The maximum Gasteiger partial charge on any atom is 0.305 e. The molecule has 5 aliphatic rings. The van der Waals surface area contributed by atoms with Crippen LogP contribution in [0.4, 0.5) is 0 Å². The molecule has 0 aromatic carbocycles. The first-order valence-electron chi connectivity index (χ1n) is 27.7. The van der Waals surface area contributed by atoms with E-state index < -0.39 is 48.6 Å². The Balaban J connectivity index is 1.19. The number of carbonyl (C=O) groups excluding carboxylic acids is 4. The molecule has 0 radical (unpaired) electrons. The smallest absolute Gasteiger partial charge is 0.305 e. The van der Waals surface area contributed by atoms with Gasteiger partial charge in [-0.15, -0.1) is 0 Å². The highest BCUT2D eigenvalue weighted by Gasteiger charge is 2.60. The molecule has 4 fully saturated rings. The van der Waals surface area contributed by atoms with E-state index in [9.17, 15) is 19.2 Å². The minimum absolute atomic E-state index is 0.0901. The summed E-state index contributed by atoms with van der Waals surface area (Å²) in [4.78, 5) is 50.8. The number of hydrogen-bond donors (Lipinski definition) is 0. The zero-order chi connectivity index (χ0) is 48.7. The molecule has 1 saturated heterocycles. The summed E-state index contributed by atoms with van der Waals surface area (Å²) in [5, 5.41) is 0. The van der Waals surface area contributed by atoms with Gasteiger partial charge in [0.2, 0.25) is 0 Å². The van der Waals surface area contributed by atoms with E-state index >= 15 is 0 Å². The van der Waals surface area contributed by atoms with Crippen molar-refractivity contribution in [1.82, 2.24) is 0 Å². The van der Waals surface area contributed by atoms with E-state index in [4.69, 9.17) is 28.4 Å². The standard InChI is InChI=1S/C57H96O10/c1-11-13-14-15-16-17-18-19-20-21-22-23-24-25-51(61)62-37-50-52(63-40(6)58)53(64-41(7)59)54(65-42(8)60)55(67-50)66-45-32-34-56(9)44(36-45)28-29-46-48-31-30-47(57(48,10)35-33-49(46)56)39(5)26-27-43(12-2)38(3)4/h28,38-39,43,45-50,52-55H,11-27,29-37H2,1-10H3/t39-,43-,45+,46+,47-,48+,49+,50-,52-,53+,54-,55-,56+,57-/m1/s1. The summed E-state index contributed by atoms with van der Waals surface area (Å²) in [5.74, 6) is 2.98. The molecule has 0 N–H and O–H groups in total. The second kappa shape index (κ2) is 26.7. The Labute approximate surface area is 407 Å². The zero-order valence-electron chi connectivity index (χ0n) is 44.1. The van der Waals surface area contributed by atoms with Crippen LogP contribution in [0.3, 0.4) is 0 Å². The fourth-order valence-electron chi connectivity index (χ4n) is 14.2. The van der Waals surface area contributed by atoms with Crippen LogP contribution in [0.2, 0.25) is 0 Å². The highest BCUT2D eigenvalue weighted by molar-refractivity contribution is 5.69. The number of fused-ring (bicyclic) bond motifs is 5. The first-order chi connectivity index (χ1) is 32.0. The van der Waals surface area contributed by atoms with Gasteiger partial charge in [-0.05, 0) is 116 Å². The van der Waals surface area contributed by atoms with Crippen LogP contribution in [0.5, 0.6) is 0 Å². The maximum atomic E-state index is 13.1. The summed E-state index contributed by atoms with van der Waals surface area (Å²) in [6.45, 7) is 20.7. The lowest BCUT2D eigenvalue weighted by atomic mass is 9.47. The van der Waals surface area contributed by atoms with Crippen molar-refractivity contribution < 1.29 is 47.6 Å². The summed E-state index contributed by atoms with van der Waals surface area (Å²) in [5.41, 5.74) is 1.95. The van der Waals surface area contributed by atoms with E-state index in [1.54, 1.807) is 0 Å². The van der Waals surface area contributed by atoms with Crippen LogP contribution in [-0.4, -0.2) is 67.3 Å². The van der Waals surface area contributed by atoms with E-state index in [-0.39, 0.29) is 30.5 Å². The first-order valence-corrected chi connectivity index (χ1v) is 27.7. The van der Waals surface area contributed by atoms with Gasteiger partial charge in [-0.1, -0.05) is 150 Å². The van der Waals surface area contributed by atoms with Crippen molar-refractivity contribution in [1.29, 1.82) is 0 Å². The third-order valence-electron chi connectivity index (χ3n) is 18.0. The fourth-order valence-corrected chi connectivity index (χ4v) is 14.2. The molecule has 0 spiro atoms. The molecule has 5 rings (SSSR count). The Morgan fingerprint density at radius 2 is 1.30 bits per heavy atom. The molecule has 0 aromatic heterocycles. The molecule has 384 valence electrons. The van der Waals surface area contributed by atoms with Gasteiger partial charge in [0.25, 0.3) is 0 Å². The van der Waals surface area contributed by atoms with E-state index in [1.807, 2.05) is 0 Å². The molecule has 0 amide bonds. The number of carbonyl (C=O) groups is 4. The van der Waals surface area contributed by atoms with Crippen LogP contribution in [0.15, 0.2) is 11.6 Å². The minimum Gasteiger partial charge on any atom is -0.463 e. The summed E-state index contributed by atoms with van der Waals surface area (Å²) in [6.07, 6.45) is 25.4. The molecule has 0 aromatic rings. The zero-order valence-corrected chi connectivity index (χ0v) is 44.1. The van der Waals surface area contributed by atoms with Gasteiger partial charge >= 0.3 is 23.9 Å².